The zero-order valence-corrected chi connectivity index (χ0v) is 26.8. The Morgan fingerprint density at radius 2 is 1.78 bits per heavy atom. The van der Waals surface area contributed by atoms with Crippen molar-refractivity contribution in [2.75, 3.05) is 25.6 Å². The van der Waals surface area contributed by atoms with Crippen molar-refractivity contribution < 1.29 is 76.8 Å². The van der Waals surface area contributed by atoms with Crippen molar-refractivity contribution in [2.24, 2.45) is 11.1 Å². The van der Waals surface area contributed by atoms with Gasteiger partial charge in [0.25, 0.3) is 21.8 Å². The molecule has 3 atom stereocenters. The number of ether oxygens (including phenoxy) is 2. The molecule has 6 rings (SSSR count). The van der Waals surface area contributed by atoms with Gasteiger partial charge in [-0.25, -0.2) is 32.1 Å². The number of nitrogens with two attached hydrogens (primary N) is 1. The number of hydrogen-bond donors (Lipinski definition) is 5. The Morgan fingerprint density at radius 1 is 1.10 bits per heavy atom. The van der Waals surface area contributed by atoms with E-state index in [1.54, 1.807) is 0 Å². The zero-order valence-electron chi connectivity index (χ0n) is 25.2. The van der Waals surface area contributed by atoms with E-state index < -0.39 is 116 Å². The number of rotatable bonds is 10. The molecule has 0 saturated carbocycles. The molecule has 4 aliphatic rings. The first-order chi connectivity index (χ1) is 23.5. The third-order valence-electron chi connectivity index (χ3n) is 8.42. The largest absolute Gasteiger partial charge is 0.504 e. The van der Waals surface area contributed by atoms with Gasteiger partial charge in [-0.05, 0) is 6.07 Å². The Labute approximate surface area is 283 Å². The first-order valence-electron chi connectivity index (χ1n) is 14.4. The molecular weight excluding hydrogens is 714 g/mol. The van der Waals surface area contributed by atoms with E-state index in [9.17, 15) is 57.6 Å². The van der Waals surface area contributed by atoms with Gasteiger partial charge < -0.3 is 40.5 Å². The number of cyclic esters (lactones) is 1. The van der Waals surface area contributed by atoms with E-state index in [-0.39, 0.29) is 46.2 Å². The topological polar surface area (TPSA) is 312 Å². The first kappa shape index (κ1) is 34.5. The van der Waals surface area contributed by atoms with E-state index >= 15 is 0 Å². The first-order valence-corrected chi connectivity index (χ1v) is 16.7. The number of carboxylic acids is 2. The summed E-state index contributed by atoms with van der Waals surface area (Å²) in [4.78, 5) is 91.9. The van der Waals surface area contributed by atoms with Gasteiger partial charge in [-0.2, -0.15) is 5.06 Å². The Kier molecular flexibility index (Phi) is 8.40. The van der Waals surface area contributed by atoms with Crippen LogP contribution in [-0.4, -0.2) is 122 Å². The number of hydroxylamine groups is 2. The summed E-state index contributed by atoms with van der Waals surface area (Å²) < 4.78 is 36.8. The van der Waals surface area contributed by atoms with Crippen LogP contribution in [0.4, 0.5) is 5.13 Å². The number of sulfonamides is 1. The molecule has 5 heterocycles. The second-order valence-corrected chi connectivity index (χ2v) is 14.1. The molecule has 4 aliphatic heterocycles. The molecule has 0 spiro atoms. The number of esters is 1. The number of hydrogen-bond acceptors (Lipinski definition) is 18. The predicted octanol–water partition coefficient (Wildman–Crippen LogP) is -1.22. The Hall–Kier alpha value is -5.39. The summed E-state index contributed by atoms with van der Waals surface area (Å²) in [5, 5.41) is 44.9. The van der Waals surface area contributed by atoms with Crippen molar-refractivity contribution in [3.8, 4) is 11.5 Å². The van der Waals surface area contributed by atoms with Crippen LogP contribution < -0.4 is 5.73 Å². The normalized spacial score (nSPS) is 25.8. The number of nitrogen functional groups attached to an aromatic ring is 1. The molecule has 2 amide bonds. The van der Waals surface area contributed by atoms with Gasteiger partial charge in [0.05, 0.1) is 37.7 Å². The van der Waals surface area contributed by atoms with Crippen LogP contribution >= 0.6 is 11.3 Å². The second kappa shape index (κ2) is 12.2. The van der Waals surface area contributed by atoms with E-state index in [2.05, 4.69) is 10.1 Å². The minimum atomic E-state index is -4.90. The number of ketones is 1. The third-order valence-corrected chi connectivity index (χ3v) is 10.9. The monoisotopic (exact) mass is 739 g/mol. The van der Waals surface area contributed by atoms with Gasteiger partial charge in [-0.1, -0.05) is 5.16 Å². The van der Waals surface area contributed by atoms with Crippen molar-refractivity contribution >= 4 is 67.7 Å². The Morgan fingerprint density at radius 3 is 2.40 bits per heavy atom. The van der Waals surface area contributed by atoms with Crippen molar-refractivity contribution in [3.63, 3.8) is 0 Å². The minimum Gasteiger partial charge on any atom is -0.504 e. The van der Waals surface area contributed by atoms with Crippen LogP contribution in [0, 0.1) is 5.92 Å². The summed E-state index contributed by atoms with van der Waals surface area (Å²) in [5.74, 6) is -11.5. The highest BCUT2D eigenvalue weighted by Crippen LogP contribution is 2.44. The van der Waals surface area contributed by atoms with Gasteiger partial charge >= 0.3 is 23.6 Å². The standard InChI is InChI=1S/C27H25N5O16S2/c28-25-29-13(10-49-25)19(30-48-26(23(39)40)1-3-45-4-2-26)17(35)5-11-9-46-32(20(11)36)27(24(41)42)8-14(22(38)47-27)31-21(37)12-6-15(33)16(34)7-18(12)50(31,43)44/h6-7,10-11,14,33-34H,1-5,8-9H2,(H2,28,29)(H,39,40)(H,41,42)/b30-19-/t11-,14?,27?/m0/s1. The molecule has 0 bridgehead atoms. The molecule has 23 heteroatoms. The number of nitrogens with zero attached hydrogens (tertiary/aromatic N) is 4. The zero-order chi connectivity index (χ0) is 36.3. The molecular formula is C27H25N5O16S2. The number of aromatic nitrogens is 1. The van der Waals surface area contributed by atoms with E-state index in [1.807, 2.05) is 0 Å². The van der Waals surface area contributed by atoms with E-state index in [1.165, 1.54) is 5.38 Å². The molecule has 6 N–H and O–H groups in total. The number of carboxylic acid groups (broad SMARTS) is 2. The number of aliphatic carboxylic acids is 2. The summed E-state index contributed by atoms with van der Waals surface area (Å²) in [6.45, 7) is -0.572. The van der Waals surface area contributed by atoms with Gasteiger partial charge in [0.2, 0.25) is 5.60 Å². The predicted molar refractivity (Wildman–Crippen MR) is 158 cm³/mol. The van der Waals surface area contributed by atoms with E-state index in [4.69, 9.17) is 24.9 Å². The number of amides is 2. The third kappa shape index (κ3) is 5.43. The summed E-state index contributed by atoms with van der Waals surface area (Å²) in [7, 11) is -4.90. The van der Waals surface area contributed by atoms with Crippen LogP contribution in [0.2, 0.25) is 0 Å². The van der Waals surface area contributed by atoms with Gasteiger partial charge in [0.15, 0.2) is 34.2 Å². The highest BCUT2D eigenvalue weighted by molar-refractivity contribution is 7.90. The van der Waals surface area contributed by atoms with Crippen molar-refractivity contribution in [3.05, 3.63) is 28.8 Å². The highest BCUT2D eigenvalue weighted by atomic mass is 32.2. The summed E-state index contributed by atoms with van der Waals surface area (Å²) in [6.07, 6.45) is -2.08. The van der Waals surface area contributed by atoms with Gasteiger partial charge in [0.1, 0.15) is 10.6 Å². The number of Topliss-reactive ketones (excluding diaryl/α,β-unsaturated/α-hetero) is 1. The number of phenols is 2. The lowest BCUT2D eigenvalue weighted by Crippen LogP contribution is -2.56. The van der Waals surface area contributed by atoms with Crippen molar-refractivity contribution in [1.82, 2.24) is 14.4 Å². The average Bonchev–Trinajstić information content (AvgIpc) is 3.79. The number of benzene rings is 1. The Bertz CT molecular complexity index is 1990. The molecule has 0 aliphatic carbocycles. The lowest BCUT2D eigenvalue weighted by atomic mass is 9.95. The maximum Gasteiger partial charge on any atom is 0.372 e. The molecule has 2 aromatic rings. The molecule has 50 heavy (non-hydrogen) atoms. The number of phenolic OH excluding ortho intramolecular Hbond substituents is 2. The number of fused-ring (bicyclic) bond motifs is 1. The lowest BCUT2D eigenvalue weighted by Gasteiger charge is -2.31. The van der Waals surface area contributed by atoms with Crippen LogP contribution in [0.5, 0.6) is 11.5 Å². The lowest BCUT2D eigenvalue weighted by molar-refractivity contribution is -0.256. The minimum absolute atomic E-state index is 0.0159. The molecule has 266 valence electrons. The Balaban J connectivity index is 1.24. The smallest absolute Gasteiger partial charge is 0.372 e. The number of thiazole rings is 1. The molecule has 2 unspecified atom stereocenters. The fraction of sp³-hybridized carbons (Fsp3) is 0.407. The van der Waals surface area contributed by atoms with Crippen molar-refractivity contribution in [2.45, 2.75) is 47.9 Å². The quantitative estimate of drug-likeness (QED) is 0.0825. The van der Waals surface area contributed by atoms with Crippen LogP contribution in [0.3, 0.4) is 0 Å². The van der Waals surface area contributed by atoms with Gasteiger partial charge in [-0.3, -0.25) is 19.2 Å². The summed E-state index contributed by atoms with van der Waals surface area (Å²) in [5.41, 5.74) is -0.379. The molecule has 21 nitrogen and oxygen atoms in total. The summed E-state index contributed by atoms with van der Waals surface area (Å²) >= 11 is 0.921. The van der Waals surface area contributed by atoms with Gasteiger partial charge in [0, 0.05) is 30.7 Å². The fourth-order valence-corrected chi connectivity index (χ4v) is 8.01. The highest BCUT2D eigenvalue weighted by Gasteiger charge is 2.66. The average molecular weight is 740 g/mol. The van der Waals surface area contributed by atoms with Crippen LogP contribution in [0.25, 0.3) is 0 Å². The fourth-order valence-electron chi connectivity index (χ4n) is 5.75. The van der Waals surface area contributed by atoms with E-state index in [0.29, 0.717) is 12.1 Å². The maximum atomic E-state index is 13.6. The molecule has 3 fully saturated rings. The molecule has 0 radical (unpaired) electrons. The van der Waals surface area contributed by atoms with Crippen LogP contribution in [0.15, 0.2) is 27.6 Å². The van der Waals surface area contributed by atoms with E-state index in [0.717, 1.165) is 11.3 Å². The molecule has 1 aromatic heterocycles. The number of anilines is 1. The SMILES string of the molecule is Nc1nc(/C(=N/OC2(C(=O)O)CCOCC2)C(=O)C[C@H]2CON(C3(C(=O)O)CC(N4C(=O)c5cc(O)c(O)cc5S4(=O)=O)C(=O)O3)C2=O)cs1. The maximum absolute atomic E-state index is 13.6. The number of carbonyl (C=O) groups excluding carboxylic acids is 4. The number of carbonyl (C=O) groups is 6. The molecule has 1 aromatic carbocycles. The van der Waals surface area contributed by atoms with Crippen LogP contribution in [0.1, 0.15) is 41.7 Å². The number of aromatic hydroxyl groups is 2. The molecule has 3 saturated heterocycles. The second-order valence-electron chi connectivity index (χ2n) is 11.4. The van der Waals surface area contributed by atoms with Crippen molar-refractivity contribution in [1.29, 1.82) is 0 Å². The number of oxime groups is 1. The van der Waals surface area contributed by atoms with Crippen LogP contribution in [-0.2, 0) is 53.1 Å². The summed E-state index contributed by atoms with van der Waals surface area (Å²) in [6, 6.07) is -0.919. The van der Waals surface area contributed by atoms with Gasteiger partial charge in [-0.15, -0.1) is 11.3 Å².